The molecule has 5 nitrogen and oxygen atoms in total. The highest BCUT2D eigenvalue weighted by molar-refractivity contribution is 5.98. The molecule has 0 aromatic heterocycles. The zero-order chi connectivity index (χ0) is 20.8. The van der Waals surface area contributed by atoms with Gasteiger partial charge in [0, 0.05) is 50.6 Å². The molecule has 0 N–H and O–H groups in total. The SMILES string of the molecule is CCCc1ccc(C(=O)CCC(=O)N2CCCC2CN2CC(C)OC(C)C2)cc1. The average Bonchev–Trinajstić information content (AvgIpc) is 3.14. The summed E-state index contributed by atoms with van der Waals surface area (Å²) in [5.41, 5.74) is 1.97. The van der Waals surface area contributed by atoms with Crippen molar-refractivity contribution in [1.82, 2.24) is 9.80 Å². The Morgan fingerprint density at radius 2 is 1.76 bits per heavy atom. The summed E-state index contributed by atoms with van der Waals surface area (Å²) in [6.45, 7) is 9.96. The summed E-state index contributed by atoms with van der Waals surface area (Å²) in [6, 6.07) is 8.12. The standard InChI is InChI=1S/C24H36N2O3/c1-4-6-20-8-10-21(11-9-20)23(27)12-13-24(28)26-14-5-7-22(26)17-25-15-18(2)29-19(3)16-25/h8-11,18-19,22H,4-7,12-17H2,1-3H3. The quantitative estimate of drug-likeness (QED) is 0.625. The molecule has 0 radical (unpaired) electrons. The van der Waals surface area contributed by atoms with Crippen LogP contribution in [0.4, 0.5) is 0 Å². The second kappa shape index (κ2) is 10.4. The van der Waals surface area contributed by atoms with Crippen LogP contribution in [0.15, 0.2) is 24.3 Å². The summed E-state index contributed by atoms with van der Waals surface area (Å²) in [7, 11) is 0. The van der Waals surface area contributed by atoms with Crippen molar-refractivity contribution in [1.29, 1.82) is 0 Å². The molecular formula is C24H36N2O3. The molecule has 1 amide bonds. The maximum Gasteiger partial charge on any atom is 0.223 e. The van der Waals surface area contributed by atoms with Crippen molar-refractivity contribution in [2.45, 2.75) is 77.5 Å². The fourth-order valence-corrected chi connectivity index (χ4v) is 4.74. The molecule has 3 unspecified atom stereocenters. The van der Waals surface area contributed by atoms with E-state index in [9.17, 15) is 9.59 Å². The Balaban J connectivity index is 1.49. The number of aryl methyl sites for hydroxylation is 1. The summed E-state index contributed by atoms with van der Waals surface area (Å²) >= 11 is 0. The molecule has 2 heterocycles. The maximum atomic E-state index is 12.8. The monoisotopic (exact) mass is 400 g/mol. The van der Waals surface area contributed by atoms with Crippen LogP contribution >= 0.6 is 0 Å². The molecule has 2 aliphatic rings. The van der Waals surface area contributed by atoms with E-state index in [4.69, 9.17) is 4.74 Å². The Morgan fingerprint density at radius 3 is 2.41 bits per heavy atom. The Bertz CT molecular complexity index is 678. The van der Waals surface area contributed by atoms with Gasteiger partial charge in [0.15, 0.2) is 5.78 Å². The van der Waals surface area contributed by atoms with Crippen molar-refractivity contribution >= 4 is 11.7 Å². The van der Waals surface area contributed by atoms with Gasteiger partial charge in [0.2, 0.25) is 5.91 Å². The summed E-state index contributed by atoms with van der Waals surface area (Å²) in [5, 5.41) is 0. The summed E-state index contributed by atoms with van der Waals surface area (Å²) in [6.07, 6.45) is 5.32. The molecule has 1 aromatic carbocycles. The first-order valence-corrected chi connectivity index (χ1v) is 11.3. The molecule has 160 valence electrons. The van der Waals surface area contributed by atoms with Gasteiger partial charge >= 0.3 is 0 Å². The van der Waals surface area contributed by atoms with Gasteiger partial charge < -0.3 is 9.64 Å². The van der Waals surface area contributed by atoms with Gasteiger partial charge in [-0.15, -0.1) is 0 Å². The highest BCUT2D eigenvalue weighted by atomic mass is 16.5. The van der Waals surface area contributed by atoms with Gasteiger partial charge in [-0.2, -0.15) is 0 Å². The maximum absolute atomic E-state index is 12.8. The first-order valence-electron chi connectivity index (χ1n) is 11.3. The van der Waals surface area contributed by atoms with E-state index in [2.05, 4.69) is 25.7 Å². The first kappa shape index (κ1) is 22.0. The number of ether oxygens (including phenoxy) is 1. The fraction of sp³-hybridized carbons (Fsp3) is 0.667. The third-order valence-corrected chi connectivity index (χ3v) is 6.04. The number of amides is 1. The number of ketones is 1. The zero-order valence-electron chi connectivity index (χ0n) is 18.2. The summed E-state index contributed by atoms with van der Waals surface area (Å²) in [5.74, 6) is 0.186. The predicted molar refractivity (Wildman–Crippen MR) is 115 cm³/mol. The number of benzene rings is 1. The topological polar surface area (TPSA) is 49.9 Å². The number of hydrogen-bond acceptors (Lipinski definition) is 4. The predicted octanol–water partition coefficient (Wildman–Crippen LogP) is 3.70. The van der Waals surface area contributed by atoms with Gasteiger partial charge in [0.25, 0.3) is 0 Å². The molecule has 3 atom stereocenters. The van der Waals surface area contributed by atoms with Crippen molar-refractivity contribution in [3.63, 3.8) is 0 Å². The normalized spacial score (nSPS) is 25.3. The Kier molecular flexibility index (Phi) is 7.84. The van der Waals surface area contributed by atoms with E-state index in [1.807, 2.05) is 29.2 Å². The van der Waals surface area contributed by atoms with Crippen molar-refractivity contribution < 1.29 is 14.3 Å². The molecular weight excluding hydrogens is 364 g/mol. The lowest BCUT2D eigenvalue weighted by atomic mass is 10.0. The lowest BCUT2D eigenvalue weighted by Gasteiger charge is -2.38. The molecule has 0 spiro atoms. The first-order chi connectivity index (χ1) is 14.0. The van der Waals surface area contributed by atoms with Crippen LogP contribution < -0.4 is 0 Å². The number of hydrogen-bond donors (Lipinski definition) is 0. The van der Waals surface area contributed by atoms with Crippen LogP contribution in [-0.2, 0) is 16.0 Å². The van der Waals surface area contributed by atoms with E-state index in [0.29, 0.717) is 18.4 Å². The molecule has 2 aliphatic heterocycles. The molecule has 29 heavy (non-hydrogen) atoms. The fourth-order valence-electron chi connectivity index (χ4n) is 4.74. The van der Waals surface area contributed by atoms with Gasteiger partial charge in [0.05, 0.1) is 12.2 Å². The Labute approximate surface area is 175 Å². The number of rotatable bonds is 8. The minimum atomic E-state index is 0.0629. The molecule has 2 saturated heterocycles. The molecule has 1 aromatic rings. The second-order valence-electron chi connectivity index (χ2n) is 8.73. The van der Waals surface area contributed by atoms with E-state index >= 15 is 0 Å². The van der Waals surface area contributed by atoms with Crippen LogP contribution in [0.5, 0.6) is 0 Å². The molecule has 0 aliphatic carbocycles. The number of Topliss-reactive ketones (excluding diaryl/α,β-unsaturated/α-hetero) is 1. The molecule has 0 saturated carbocycles. The van der Waals surface area contributed by atoms with Crippen molar-refractivity contribution in [2.24, 2.45) is 0 Å². The highest BCUT2D eigenvalue weighted by Gasteiger charge is 2.32. The highest BCUT2D eigenvalue weighted by Crippen LogP contribution is 2.22. The van der Waals surface area contributed by atoms with Crippen LogP contribution in [-0.4, -0.2) is 65.9 Å². The molecule has 3 rings (SSSR count). The number of carbonyl (C=O) groups is 2. The van der Waals surface area contributed by atoms with Crippen LogP contribution in [0, 0.1) is 0 Å². The van der Waals surface area contributed by atoms with E-state index < -0.39 is 0 Å². The van der Waals surface area contributed by atoms with E-state index in [1.165, 1.54) is 5.56 Å². The lowest BCUT2D eigenvalue weighted by Crippen LogP contribution is -2.50. The van der Waals surface area contributed by atoms with Gasteiger partial charge in [-0.05, 0) is 38.7 Å². The third kappa shape index (κ3) is 6.13. The largest absolute Gasteiger partial charge is 0.373 e. The van der Waals surface area contributed by atoms with Gasteiger partial charge in [-0.25, -0.2) is 0 Å². The minimum Gasteiger partial charge on any atom is -0.373 e. The van der Waals surface area contributed by atoms with Crippen LogP contribution in [0.2, 0.25) is 0 Å². The minimum absolute atomic E-state index is 0.0629. The zero-order valence-corrected chi connectivity index (χ0v) is 18.2. The Morgan fingerprint density at radius 1 is 1.07 bits per heavy atom. The van der Waals surface area contributed by atoms with Gasteiger partial charge in [-0.1, -0.05) is 37.6 Å². The average molecular weight is 401 g/mol. The van der Waals surface area contributed by atoms with E-state index in [-0.39, 0.29) is 29.9 Å². The van der Waals surface area contributed by atoms with Crippen LogP contribution in [0.1, 0.15) is 68.8 Å². The number of carbonyl (C=O) groups excluding carboxylic acids is 2. The van der Waals surface area contributed by atoms with Crippen LogP contribution in [0.3, 0.4) is 0 Å². The molecule has 5 heteroatoms. The number of likely N-dealkylation sites (tertiary alicyclic amines) is 1. The van der Waals surface area contributed by atoms with Gasteiger partial charge in [0.1, 0.15) is 0 Å². The lowest BCUT2D eigenvalue weighted by molar-refractivity contribution is -0.133. The molecule has 2 fully saturated rings. The van der Waals surface area contributed by atoms with Crippen molar-refractivity contribution in [3.05, 3.63) is 35.4 Å². The molecule has 0 bridgehead atoms. The van der Waals surface area contributed by atoms with E-state index in [1.54, 1.807) is 0 Å². The Hall–Kier alpha value is -1.72. The number of morpholine rings is 1. The third-order valence-electron chi connectivity index (χ3n) is 6.04. The second-order valence-corrected chi connectivity index (χ2v) is 8.73. The van der Waals surface area contributed by atoms with Crippen LogP contribution in [0.25, 0.3) is 0 Å². The summed E-state index contributed by atoms with van der Waals surface area (Å²) < 4.78 is 5.82. The van der Waals surface area contributed by atoms with Gasteiger partial charge in [-0.3, -0.25) is 14.5 Å². The summed E-state index contributed by atoms with van der Waals surface area (Å²) in [4.78, 5) is 29.8. The van der Waals surface area contributed by atoms with Crippen molar-refractivity contribution in [2.75, 3.05) is 26.2 Å². The smallest absolute Gasteiger partial charge is 0.223 e. The van der Waals surface area contributed by atoms with Crippen molar-refractivity contribution in [3.8, 4) is 0 Å². The van der Waals surface area contributed by atoms with E-state index in [0.717, 1.165) is 51.9 Å². The number of nitrogens with zero attached hydrogens (tertiary/aromatic N) is 2.